The summed E-state index contributed by atoms with van der Waals surface area (Å²) in [6.45, 7) is 11.8. The molecule has 1 amide bonds. The molecule has 1 saturated carbocycles. The molecular weight excluding hydrogens is 570 g/mol. The van der Waals surface area contributed by atoms with Crippen molar-refractivity contribution in [3.8, 4) is 5.75 Å². The third-order valence-corrected chi connectivity index (χ3v) is 13.9. The Balaban J connectivity index is 1.61. The van der Waals surface area contributed by atoms with Gasteiger partial charge >= 0.3 is 15.6 Å². The summed E-state index contributed by atoms with van der Waals surface area (Å²) in [4.78, 5) is 15.1. The van der Waals surface area contributed by atoms with Gasteiger partial charge in [-0.05, 0) is 62.2 Å². The average Bonchev–Trinajstić information content (AvgIpc) is 3.09. The maximum Gasteiger partial charge on any atom is 0.534 e. The highest BCUT2D eigenvalue weighted by molar-refractivity contribution is 7.88. The maximum absolute atomic E-state index is 13.2. The zero-order valence-electron chi connectivity index (χ0n) is 21.6. The number of carbonyl (C=O) groups excluding carboxylic acids is 1. The van der Waals surface area contributed by atoms with E-state index in [1.807, 2.05) is 4.90 Å². The van der Waals surface area contributed by atoms with Crippen LogP contribution in [0.5, 0.6) is 5.75 Å². The Morgan fingerprint density at radius 3 is 2.05 bits per heavy atom. The second-order valence-electron chi connectivity index (χ2n) is 11.4. The van der Waals surface area contributed by atoms with Crippen LogP contribution in [0, 0.1) is 5.92 Å². The predicted octanol–water partition coefficient (Wildman–Crippen LogP) is 6.95. The number of halogens is 5. The largest absolute Gasteiger partial charge is 0.534 e. The summed E-state index contributed by atoms with van der Waals surface area (Å²) in [7, 11) is -7.71. The molecule has 0 aromatic heterocycles. The third-order valence-electron chi connectivity index (χ3n) is 7.76. The van der Waals surface area contributed by atoms with Gasteiger partial charge in [-0.3, -0.25) is 4.79 Å². The molecule has 3 rings (SSSR count). The predicted molar refractivity (Wildman–Crippen MR) is 140 cm³/mol. The Kier molecular flexibility index (Phi) is 8.96. The van der Waals surface area contributed by atoms with Crippen molar-refractivity contribution in [2.24, 2.45) is 5.92 Å². The summed E-state index contributed by atoms with van der Waals surface area (Å²) in [5.74, 6) is -1.02. The Morgan fingerprint density at radius 2 is 1.57 bits per heavy atom. The highest BCUT2D eigenvalue weighted by Crippen LogP contribution is 2.41. The molecular formula is C24H34Cl2F3NO5SSi. The number of amides is 1. The SMILES string of the molecule is CC(C)(C)[Si](C)(C)O[C@H]1CC[C@H](N2CC[C@@H](Cc3c(Cl)cc(OS(=O)(=O)C(F)(F)F)cc3Cl)C2=O)CC1. The first-order chi connectivity index (χ1) is 16.8. The molecule has 1 aliphatic heterocycles. The molecule has 2 fully saturated rings. The van der Waals surface area contributed by atoms with Gasteiger partial charge in [-0.15, -0.1) is 0 Å². The third kappa shape index (κ3) is 6.95. The molecule has 2 aliphatic rings. The van der Waals surface area contributed by atoms with Gasteiger partial charge in [-0.1, -0.05) is 44.0 Å². The van der Waals surface area contributed by atoms with E-state index in [1.165, 1.54) is 0 Å². The Bertz CT molecular complexity index is 1090. The van der Waals surface area contributed by atoms with Crippen LogP contribution in [0.2, 0.25) is 28.2 Å². The van der Waals surface area contributed by atoms with Crippen molar-refractivity contribution in [1.29, 1.82) is 0 Å². The zero-order chi connectivity index (χ0) is 28.0. The summed E-state index contributed by atoms with van der Waals surface area (Å²) in [6.07, 6.45) is 4.58. The van der Waals surface area contributed by atoms with Gasteiger partial charge in [-0.25, -0.2) is 0 Å². The molecule has 1 aliphatic carbocycles. The lowest BCUT2D eigenvalue weighted by Crippen LogP contribution is -2.47. The van der Waals surface area contributed by atoms with Crippen molar-refractivity contribution in [2.45, 2.75) is 95.1 Å². The molecule has 1 atom stereocenters. The average molecular weight is 605 g/mol. The summed E-state index contributed by atoms with van der Waals surface area (Å²) in [6, 6.07) is 2.07. The number of nitrogens with zero attached hydrogens (tertiary/aromatic N) is 1. The summed E-state index contributed by atoms with van der Waals surface area (Å²) in [5, 5.41) is 0.0189. The zero-order valence-corrected chi connectivity index (χ0v) is 25.0. The number of benzene rings is 1. The number of hydrogen-bond acceptors (Lipinski definition) is 5. The van der Waals surface area contributed by atoms with Crippen molar-refractivity contribution in [1.82, 2.24) is 4.90 Å². The first kappa shape index (κ1) is 30.5. The highest BCUT2D eigenvalue weighted by atomic mass is 35.5. The van der Waals surface area contributed by atoms with Gasteiger partial charge in [-0.2, -0.15) is 21.6 Å². The number of hydrogen-bond donors (Lipinski definition) is 0. The lowest BCUT2D eigenvalue weighted by molar-refractivity contribution is -0.133. The first-order valence-corrected chi connectivity index (χ1v) is 17.4. The van der Waals surface area contributed by atoms with E-state index in [4.69, 9.17) is 27.6 Å². The molecule has 37 heavy (non-hydrogen) atoms. The van der Waals surface area contributed by atoms with E-state index in [-0.39, 0.29) is 45.5 Å². The van der Waals surface area contributed by atoms with E-state index in [9.17, 15) is 26.4 Å². The van der Waals surface area contributed by atoms with Gasteiger partial charge in [0.05, 0.1) is 0 Å². The van der Waals surface area contributed by atoms with Crippen LogP contribution in [0.25, 0.3) is 0 Å². The molecule has 13 heteroatoms. The smallest absolute Gasteiger partial charge is 0.414 e. The van der Waals surface area contributed by atoms with E-state index in [0.29, 0.717) is 18.5 Å². The van der Waals surface area contributed by atoms with E-state index in [0.717, 1.165) is 37.8 Å². The Labute approximate surface area is 228 Å². The van der Waals surface area contributed by atoms with Crippen LogP contribution in [0.15, 0.2) is 12.1 Å². The fourth-order valence-corrected chi connectivity index (χ4v) is 7.11. The monoisotopic (exact) mass is 603 g/mol. The van der Waals surface area contributed by atoms with Gasteiger partial charge in [0.25, 0.3) is 0 Å². The molecule has 0 unspecified atom stereocenters. The summed E-state index contributed by atoms with van der Waals surface area (Å²) < 4.78 is 71.1. The standard InChI is InChI=1S/C24H34Cl2F3NO5SSi/c1-23(2,3)37(4,5)35-17-8-6-16(7-9-17)30-11-10-15(22(30)31)12-19-20(25)13-18(14-21(19)26)34-36(32,33)24(27,28)29/h13-17H,6-12H2,1-5H3/t15-,16-,17-/m0/s1. The molecule has 0 N–H and O–H groups in total. The molecule has 1 heterocycles. The van der Waals surface area contributed by atoms with Crippen molar-refractivity contribution >= 4 is 47.5 Å². The normalized spacial score (nSPS) is 24.0. The maximum atomic E-state index is 13.2. The van der Waals surface area contributed by atoms with Crippen LogP contribution >= 0.6 is 23.2 Å². The molecule has 6 nitrogen and oxygen atoms in total. The Hall–Kier alpha value is -1.01. The van der Waals surface area contributed by atoms with Crippen molar-refractivity contribution < 1.29 is 35.0 Å². The molecule has 1 saturated heterocycles. The van der Waals surface area contributed by atoms with Gasteiger partial charge in [0.1, 0.15) is 5.75 Å². The van der Waals surface area contributed by atoms with Crippen LogP contribution in [-0.4, -0.2) is 51.7 Å². The van der Waals surface area contributed by atoms with Crippen LogP contribution in [0.4, 0.5) is 13.2 Å². The lowest BCUT2D eigenvalue weighted by Gasteiger charge is -2.42. The first-order valence-electron chi connectivity index (χ1n) is 12.3. The second kappa shape index (κ2) is 10.9. The number of alkyl halides is 3. The van der Waals surface area contributed by atoms with Gasteiger partial charge in [0, 0.05) is 46.8 Å². The van der Waals surface area contributed by atoms with E-state index in [1.54, 1.807) is 0 Å². The summed E-state index contributed by atoms with van der Waals surface area (Å²) in [5.41, 5.74) is -5.22. The van der Waals surface area contributed by atoms with Crippen LogP contribution in [-0.2, 0) is 25.8 Å². The van der Waals surface area contributed by atoms with Gasteiger partial charge in [0.2, 0.25) is 5.91 Å². The fourth-order valence-electron chi connectivity index (χ4n) is 4.63. The van der Waals surface area contributed by atoms with Crippen molar-refractivity contribution in [3.05, 3.63) is 27.7 Å². The van der Waals surface area contributed by atoms with Crippen molar-refractivity contribution in [2.75, 3.05) is 6.54 Å². The quantitative estimate of drug-likeness (QED) is 0.192. The Morgan fingerprint density at radius 1 is 1.03 bits per heavy atom. The second-order valence-corrected chi connectivity index (χ2v) is 18.5. The molecule has 1 aromatic carbocycles. The van der Waals surface area contributed by atoms with Gasteiger partial charge in [0.15, 0.2) is 8.32 Å². The highest BCUT2D eigenvalue weighted by Gasteiger charge is 2.49. The van der Waals surface area contributed by atoms with Crippen LogP contribution in [0.1, 0.15) is 58.4 Å². The van der Waals surface area contributed by atoms with Crippen molar-refractivity contribution in [3.63, 3.8) is 0 Å². The minimum absolute atomic E-state index is 0.000809. The number of carbonyl (C=O) groups is 1. The number of likely N-dealkylation sites (tertiary alicyclic amines) is 1. The van der Waals surface area contributed by atoms with E-state index in [2.05, 4.69) is 38.0 Å². The van der Waals surface area contributed by atoms with Crippen LogP contribution in [0.3, 0.4) is 0 Å². The number of rotatable bonds is 7. The molecule has 0 radical (unpaired) electrons. The minimum Gasteiger partial charge on any atom is -0.414 e. The van der Waals surface area contributed by atoms with E-state index >= 15 is 0 Å². The van der Waals surface area contributed by atoms with E-state index < -0.39 is 29.7 Å². The van der Waals surface area contributed by atoms with Gasteiger partial charge < -0.3 is 13.5 Å². The molecule has 0 bridgehead atoms. The lowest BCUT2D eigenvalue weighted by atomic mass is 9.92. The molecule has 0 spiro atoms. The molecule has 210 valence electrons. The topological polar surface area (TPSA) is 72.9 Å². The van der Waals surface area contributed by atoms with Crippen LogP contribution < -0.4 is 4.18 Å². The minimum atomic E-state index is -5.85. The summed E-state index contributed by atoms with van der Waals surface area (Å²) >= 11 is 12.4. The fraction of sp³-hybridized carbons (Fsp3) is 0.708. The molecule has 1 aromatic rings.